The van der Waals surface area contributed by atoms with Gasteiger partial charge in [-0.3, -0.25) is 14.1 Å². The number of hydrogen-bond acceptors (Lipinski definition) is 8. The third-order valence-electron chi connectivity index (χ3n) is 3.81. The van der Waals surface area contributed by atoms with Gasteiger partial charge in [0.1, 0.15) is 11.5 Å². The molecule has 1 aromatic carbocycles. The van der Waals surface area contributed by atoms with Crippen LogP contribution in [0.3, 0.4) is 0 Å². The fraction of sp³-hybridized carbons (Fsp3) is 0.176. The van der Waals surface area contributed by atoms with Gasteiger partial charge in [0.2, 0.25) is 5.91 Å². The first-order valence-corrected chi connectivity index (χ1v) is 8.78. The molecule has 146 valence electrons. The highest BCUT2D eigenvalue weighted by Gasteiger charge is 2.19. The largest absolute Gasteiger partial charge is 0.493 e. The number of thiophene rings is 1. The van der Waals surface area contributed by atoms with Gasteiger partial charge < -0.3 is 20.5 Å². The van der Waals surface area contributed by atoms with Gasteiger partial charge >= 0.3 is 5.76 Å². The van der Waals surface area contributed by atoms with Crippen LogP contribution < -0.4 is 26.3 Å². The van der Waals surface area contributed by atoms with Crippen molar-refractivity contribution >= 4 is 28.2 Å². The lowest BCUT2D eigenvalue weighted by Crippen LogP contribution is -2.26. The first-order chi connectivity index (χ1) is 13.4. The SMILES string of the molecule is COc1ccc(-c2noc(=O)n2CC(=O)Nc2sccc2C(N)=O)cc1OC. The van der Waals surface area contributed by atoms with Crippen LogP contribution in [0.4, 0.5) is 5.00 Å². The van der Waals surface area contributed by atoms with Crippen LogP contribution in [0.5, 0.6) is 11.5 Å². The fourth-order valence-electron chi connectivity index (χ4n) is 2.50. The molecule has 0 spiro atoms. The maximum absolute atomic E-state index is 12.4. The van der Waals surface area contributed by atoms with E-state index in [-0.39, 0.29) is 17.9 Å². The molecule has 3 rings (SSSR count). The van der Waals surface area contributed by atoms with Crippen molar-refractivity contribution in [3.05, 3.63) is 45.8 Å². The summed E-state index contributed by atoms with van der Waals surface area (Å²) in [6.45, 7) is -0.373. The molecular weight excluding hydrogens is 388 g/mol. The van der Waals surface area contributed by atoms with Gasteiger partial charge in [-0.25, -0.2) is 9.36 Å². The van der Waals surface area contributed by atoms with Gasteiger partial charge in [0.25, 0.3) is 5.91 Å². The number of rotatable bonds is 7. The van der Waals surface area contributed by atoms with Crippen LogP contribution in [0, 0.1) is 0 Å². The normalized spacial score (nSPS) is 10.5. The molecule has 0 saturated heterocycles. The van der Waals surface area contributed by atoms with Crippen molar-refractivity contribution < 1.29 is 23.6 Å². The average Bonchev–Trinajstić information content (AvgIpc) is 3.28. The molecule has 0 aliphatic carbocycles. The van der Waals surface area contributed by atoms with Crippen LogP contribution in [0.25, 0.3) is 11.4 Å². The number of amides is 2. The molecule has 0 atom stereocenters. The molecule has 0 saturated carbocycles. The molecule has 3 N–H and O–H groups in total. The Morgan fingerprint density at radius 2 is 2.00 bits per heavy atom. The van der Waals surface area contributed by atoms with E-state index < -0.39 is 17.6 Å². The van der Waals surface area contributed by atoms with E-state index >= 15 is 0 Å². The highest BCUT2D eigenvalue weighted by Crippen LogP contribution is 2.31. The Hall–Kier alpha value is -3.60. The predicted molar refractivity (Wildman–Crippen MR) is 101 cm³/mol. The van der Waals surface area contributed by atoms with Gasteiger partial charge in [0, 0.05) is 5.56 Å². The van der Waals surface area contributed by atoms with Crippen molar-refractivity contribution in [2.75, 3.05) is 19.5 Å². The standard InChI is InChI=1S/C17H16N4O6S/c1-25-11-4-3-9(7-12(11)26-2)15-20-27-17(24)21(15)8-13(22)19-16-10(14(18)23)5-6-28-16/h3-7H,8H2,1-2H3,(H2,18,23)(H,19,22). The third kappa shape index (κ3) is 3.74. The van der Waals surface area contributed by atoms with E-state index in [4.69, 9.17) is 19.7 Å². The molecule has 2 aromatic heterocycles. The Labute approximate surface area is 162 Å². The van der Waals surface area contributed by atoms with E-state index in [1.54, 1.807) is 23.6 Å². The lowest BCUT2D eigenvalue weighted by atomic mass is 10.2. The number of nitrogens with zero attached hydrogens (tertiary/aromatic N) is 2. The number of hydrogen-bond donors (Lipinski definition) is 2. The molecule has 3 aromatic rings. The summed E-state index contributed by atoms with van der Waals surface area (Å²) in [6.07, 6.45) is 0. The van der Waals surface area contributed by atoms with E-state index in [0.29, 0.717) is 22.1 Å². The highest BCUT2D eigenvalue weighted by molar-refractivity contribution is 7.14. The quantitative estimate of drug-likeness (QED) is 0.605. The number of benzene rings is 1. The number of methoxy groups -OCH3 is 2. The number of aromatic nitrogens is 2. The third-order valence-corrected chi connectivity index (χ3v) is 4.64. The molecule has 0 bridgehead atoms. The summed E-state index contributed by atoms with van der Waals surface area (Å²) in [5.74, 6) is -0.945. The number of primary amides is 1. The van der Waals surface area contributed by atoms with E-state index in [1.807, 2.05) is 0 Å². The second-order valence-corrected chi connectivity index (χ2v) is 6.42. The van der Waals surface area contributed by atoms with Gasteiger partial charge in [0.15, 0.2) is 17.3 Å². The second-order valence-electron chi connectivity index (χ2n) is 5.50. The smallest absolute Gasteiger partial charge is 0.442 e. The number of carbonyl (C=O) groups is 2. The molecule has 0 aliphatic heterocycles. The molecule has 2 heterocycles. The second kappa shape index (κ2) is 7.96. The molecule has 0 fully saturated rings. The van der Waals surface area contributed by atoms with Crippen molar-refractivity contribution in [3.8, 4) is 22.9 Å². The van der Waals surface area contributed by atoms with E-state index in [9.17, 15) is 14.4 Å². The zero-order chi connectivity index (χ0) is 20.3. The zero-order valence-electron chi connectivity index (χ0n) is 14.9. The highest BCUT2D eigenvalue weighted by atomic mass is 32.1. The van der Waals surface area contributed by atoms with E-state index in [0.717, 1.165) is 15.9 Å². The molecule has 2 amide bonds. The summed E-state index contributed by atoms with van der Waals surface area (Å²) in [6, 6.07) is 6.40. The van der Waals surface area contributed by atoms with Crippen LogP contribution in [0.2, 0.25) is 0 Å². The van der Waals surface area contributed by atoms with Crippen molar-refractivity contribution in [2.45, 2.75) is 6.54 Å². The lowest BCUT2D eigenvalue weighted by Gasteiger charge is -2.10. The van der Waals surface area contributed by atoms with Crippen LogP contribution >= 0.6 is 11.3 Å². The Morgan fingerprint density at radius 1 is 1.25 bits per heavy atom. The van der Waals surface area contributed by atoms with E-state index in [2.05, 4.69) is 10.5 Å². The van der Waals surface area contributed by atoms with Crippen molar-refractivity contribution in [1.82, 2.24) is 9.72 Å². The minimum Gasteiger partial charge on any atom is -0.493 e. The summed E-state index contributed by atoms with van der Waals surface area (Å²) in [5, 5.41) is 8.22. The summed E-state index contributed by atoms with van der Waals surface area (Å²) in [5.41, 5.74) is 5.94. The van der Waals surface area contributed by atoms with Gasteiger partial charge in [-0.05, 0) is 29.6 Å². The zero-order valence-corrected chi connectivity index (χ0v) is 15.7. The number of carbonyl (C=O) groups excluding carboxylic acids is 2. The molecule has 0 aliphatic rings. The number of nitrogens with two attached hydrogens (primary N) is 1. The maximum Gasteiger partial charge on any atom is 0.442 e. The molecule has 11 heteroatoms. The topological polar surface area (TPSA) is 139 Å². The van der Waals surface area contributed by atoms with Crippen LogP contribution in [-0.4, -0.2) is 35.8 Å². The minimum absolute atomic E-state index is 0.141. The summed E-state index contributed by atoms with van der Waals surface area (Å²) in [7, 11) is 2.97. The Kier molecular flexibility index (Phi) is 5.45. The van der Waals surface area contributed by atoms with Crippen molar-refractivity contribution in [3.63, 3.8) is 0 Å². The molecule has 0 radical (unpaired) electrons. The van der Waals surface area contributed by atoms with Gasteiger partial charge in [-0.15, -0.1) is 11.3 Å². The molecule has 28 heavy (non-hydrogen) atoms. The fourth-order valence-corrected chi connectivity index (χ4v) is 3.31. The van der Waals surface area contributed by atoms with Crippen molar-refractivity contribution in [2.24, 2.45) is 5.73 Å². The predicted octanol–water partition coefficient (Wildman–Crippen LogP) is 1.32. The number of ether oxygens (including phenoxy) is 2. The van der Waals surface area contributed by atoms with Crippen molar-refractivity contribution in [1.29, 1.82) is 0 Å². The Balaban J connectivity index is 1.87. The van der Waals surface area contributed by atoms with E-state index in [1.165, 1.54) is 20.3 Å². The number of anilines is 1. The molecule has 10 nitrogen and oxygen atoms in total. The number of nitrogens with one attached hydrogen (secondary N) is 1. The molecule has 0 unspecified atom stereocenters. The monoisotopic (exact) mass is 404 g/mol. The average molecular weight is 404 g/mol. The lowest BCUT2D eigenvalue weighted by molar-refractivity contribution is -0.116. The Bertz CT molecular complexity index is 1080. The van der Waals surface area contributed by atoms with Crippen LogP contribution in [-0.2, 0) is 11.3 Å². The van der Waals surface area contributed by atoms with Crippen LogP contribution in [0.1, 0.15) is 10.4 Å². The van der Waals surface area contributed by atoms with Gasteiger partial charge in [-0.1, -0.05) is 5.16 Å². The Morgan fingerprint density at radius 3 is 2.68 bits per heavy atom. The van der Waals surface area contributed by atoms with Gasteiger partial charge in [0.05, 0.1) is 19.8 Å². The van der Waals surface area contributed by atoms with Crippen LogP contribution in [0.15, 0.2) is 39.0 Å². The summed E-state index contributed by atoms with van der Waals surface area (Å²) < 4.78 is 16.2. The molecular formula is C17H16N4O6S. The summed E-state index contributed by atoms with van der Waals surface area (Å²) >= 11 is 1.14. The first kappa shape index (κ1) is 19.2. The van der Waals surface area contributed by atoms with Gasteiger partial charge in [-0.2, -0.15) is 0 Å². The maximum atomic E-state index is 12.4. The summed E-state index contributed by atoms with van der Waals surface area (Å²) in [4.78, 5) is 35.8. The first-order valence-electron chi connectivity index (χ1n) is 7.90. The minimum atomic E-state index is -0.804.